The highest BCUT2D eigenvalue weighted by molar-refractivity contribution is 5.32. The number of aromatic nitrogens is 2. The summed E-state index contributed by atoms with van der Waals surface area (Å²) in [7, 11) is 0. The van der Waals surface area contributed by atoms with Crippen LogP contribution in [0.2, 0.25) is 0 Å². The largest absolute Gasteiger partial charge is 0.369 e. The highest BCUT2D eigenvalue weighted by Crippen LogP contribution is 2.18. The Morgan fingerprint density at radius 2 is 2.19 bits per heavy atom. The molecule has 2 N–H and O–H groups in total. The molecule has 2 rings (SSSR count). The molecule has 84 valence electrons. The molecule has 0 aliphatic heterocycles. The van der Waals surface area contributed by atoms with Crippen molar-refractivity contribution in [3.8, 4) is 6.07 Å². The molecule has 0 unspecified atom stereocenters. The highest BCUT2D eigenvalue weighted by Gasteiger charge is 2.19. The lowest BCUT2D eigenvalue weighted by Gasteiger charge is -2.05. The topological polar surface area (TPSA) is 73.6 Å². The monoisotopic (exact) mass is 217 g/mol. The van der Waals surface area contributed by atoms with Crippen LogP contribution in [-0.4, -0.2) is 29.1 Å². The summed E-state index contributed by atoms with van der Waals surface area (Å²) in [5, 5.41) is 15.2. The van der Waals surface area contributed by atoms with Gasteiger partial charge in [0.15, 0.2) is 5.69 Å². The number of hydrogen-bond acceptors (Lipinski definition) is 5. The van der Waals surface area contributed by atoms with Gasteiger partial charge in [-0.3, -0.25) is 0 Å². The third-order valence-corrected chi connectivity index (χ3v) is 2.44. The van der Waals surface area contributed by atoms with Crippen LogP contribution in [0.25, 0.3) is 0 Å². The Labute approximate surface area is 94.9 Å². The molecule has 0 amide bonds. The molecule has 0 aromatic carbocycles. The zero-order chi connectivity index (χ0) is 11.2. The molecular formula is C11H15N5. The maximum absolute atomic E-state index is 8.55. The summed E-state index contributed by atoms with van der Waals surface area (Å²) in [5.41, 5.74) is 0.348. The molecule has 1 aliphatic rings. The van der Waals surface area contributed by atoms with E-state index >= 15 is 0 Å². The fourth-order valence-corrected chi connectivity index (χ4v) is 1.38. The van der Waals surface area contributed by atoms with Crippen LogP contribution in [0.15, 0.2) is 12.4 Å². The Bertz CT molecular complexity index is 363. The van der Waals surface area contributed by atoms with Crippen molar-refractivity contribution < 1.29 is 0 Å². The standard InChI is InChI=1S/C11H15N5/c12-6-10-7-16-11(8-15-10)14-5-1-4-13-9-2-3-9/h7-9,13H,1-5H2,(H,14,16). The summed E-state index contributed by atoms with van der Waals surface area (Å²) in [6.07, 6.45) is 6.79. The average Bonchev–Trinajstić information content (AvgIpc) is 3.13. The summed E-state index contributed by atoms with van der Waals surface area (Å²) in [5.74, 6) is 0.727. The lowest BCUT2D eigenvalue weighted by molar-refractivity contribution is 0.658. The summed E-state index contributed by atoms with van der Waals surface area (Å²) < 4.78 is 0. The predicted molar refractivity (Wildman–Crippen MR) is 60.9 cm³/mol. The third-order valence-electron chi connectivity index (χ3n) is 2.44. The first-order chi connectivity index (χ1) is 7.88. The zero-order valence-corrected chi connectivity index (χ0v) is 9.11. The minimum atomic E-state index is 0.348. The van der Waals surface area contributed by atoms with Gasteiger partial charge in [-0.25, -0.2) is 9.97 Å². The van der Waals surface area contributed by atoms with E-state index in [-0.39, 0.29) is 0 Å². The molecule has 0 saturated heterocycles. The van der Waals surface area contributed by atoms with Crippen LogP contribution in [0.1, 0.15) is 25.0 Å². The van der Waals surface area contributed by atoms with Crippen LogP contribution in [0.5, 0.6) is 0 Å². The number of hydrogen-bond donors (Lipinski definition) is 2. The van der Waals surface area contributed by atoms with E-state index < -0.39 is 0 Å². The Balaban J connectivity index is 1.62. The first-order valence-corrected chi connectivity index (χ1v) is 5.58. The second kappa shape index (κ2) is 5.42. The molecule has 5 nitrogen and oxygen atoms in total. The highest BCUT2D eigenvalue weighted by atomic mass is 15.0. The summed E-state index contributed by atoms with van der Waals surface area (Å²) in [6, 6.07) is 2.71. The molecule has 1 heterocycles. The molecule has 5 heteroatoms. The second-order valence-electron chi connectivity index (χ2n) is 3.91. The lowest BCUT2D eigenvalue weighted by atomic mass is 10.4. The van der Waals surface area contributed by atoms with Gasteiger partial charge in [0.05, 0.1) is 12.4 Å². The molecule has 1 saturated carbocycles. The zero-order valence-electron chi connectivity index (χ0n) is 9.11. The van der Waals surface area contributed by atoms with Crippen molar-refractivity contribution in [2.75, 3.05) is 18.4 Å². The Morgan fingerprint density at radius 1 is 1.31 bits per heavy atom. The van der Waals surface area contributed by atoms with Crippen molar-refractivity contribution in [1.82, 2.24) is 15.3 Å². The van der Waals surface area contributed by atoms with Gasteiger partial charge in [-0.15, -0.1) is 0 Å². The minimum Gasteiger partial charge on any atom is -0.369 e. The molecule has 1 aliphatic carbocycles. The third kappa shape index (κ3) is 3.48. The number of nitrogens with zero attached hydrogens (tertiary/aromatic N) is 3. The van der Waals surface area contributed by atoms with Gasteiger partial charge in [0.1, 0.15) is 11.9 Å². The van der Waals surface area contributed by atoms with Crippen molar-refractivity contribution in [2.24, 2.45) is 0 Å². The number of nitrogens with one attached hydrogen (secondary N) is 2. The normalized spacial score (nSPS) is 14.4. The van der Waals surface area contributed by atoms with Gasteiger partial charge >= 0.3 is 0 Å². The van der Waals surface area contributed by atoms with Gasteiger partial charge in [-0.2, -0.15) is 5.26 Å². The summed E-state index contributed by atoms with van der Waals surface area (Å²) >= 11 is 0. The van der Waals surface area contributed by atoms with Crippen LogP contribution in [0.4, 0.5) is 5.82 Å². The average molecular weight is 217 g/mol. The lowest BCUT2D eigenvalue weighted by Crippen LogP contribution is -2.20. The van der Waals surface area contributed by atoms with Gasteiger partial charge in [-0.1, -0.05) is 0 Å². The minimum absolute atomic E-state index is 0.348. The van der Waals surface area contributed by atoms with E-state index in [2.05, 4.69) is 20.6 Å². The number of nitriles is 1. The van der Waals surface area contributed by atoms with E-state index in [9.17, 15) is 0 Å². The van der Waals surface area contributed by atoms with E-state index in [0.29, 0.717) is 5.69 Å². The SMILES string of the molecule is N#Cc1cnc(NCCCNC2CC2)cn1. The molecule has 0 bridgehead atoms. The van der Waals surface area contributed by atoms with E-state index in [1.165, 1.54) is 19.0 Å². The van der Waals surface area contributed by atoms with Gasteiger partial charge in [0, 0.05) is 12.6 Å². The Hall–Kier alpha value is -1.67. The quantitative estimate of drug-likeness (QED) is 0.693. The van der Waals surface area contributed by atoms with E-state index in [1.54, 1.807) is 6.20 Å². The van der Waals surface area contributed by atoms with Crippen molar-refractivity contribution in [2.45, 2.75) is 25.3 Å². The van der Waals surface area contributed by atoms with Crippen LogP contribution in [0, 0.1) is 11.3 Å². The van der Waals surface area contributed by atoms with Crippen molar-refractivity contribution in [3.05, 3.63) is 18.1 Å². The maximum Gasteiger partial charge on any atom is 0.158 e. The first kappa shape index (κ1) is 10.8. The molecule has 16 heavy (non-hydrogen) atoms. The summed E-state index contributed by atoms with van der Waals surface area (Å²) in [4.78, 5) is 8.01. The molecule has 0 radical (unpaired) electrons. The molecule has 1 aromatic heterocycles. The first-order valence-electron chi connectivity index (χ1n) is 5.58. The second-order valence-corrected chi connectivity index (χ2v) is 3.91. The fourth-order valence-electron chi connectivity index (χ4n) is 1.38. The Kier molecular flexibility index (Phi) is 3.67. The molecule has 0 spiro atoms. The Morgan fingerprint density at radius 3 is 2.81 bits per heavy atom. The molecule has 1 fully saturated rings. The van der Waals surface area contributed by atoms with Crippen molar-refractivity contribution >= 4 is 5.82 Å². The number of anilines is 1. The van der Waals surface area contributed by atoms with Crippen molar-refractivity contribution in [1.29, 1.82) is 5.26 Å². The predicted octanol–water partition coefficient (Wildman–Crippen LogP) is 0.902. The van der Waals surface area contributed by atoms with Crippen molar-refractivity contribution in [3.63, 3.8) is 0 Å². The van der Waals surface area contributed by atoms with Crippen LogP contribution in [-0.2, 0) is 0 Å². The maximum atomic E-state index is 8.55. The summed E-state index contributed by atoms with van der Waals surface area (Å²) in [6.45, 7) is 1.92. The fraction of sp³-hybridized carbons (Fsp3) is 0.545. The van der Waals surface area contributed by atoms with Gasteiger partial charge in [-0.05, 0) is 25.8 Å². The smallest absolute Gasteiger partial charge is 0.158 e. The van der Waals surface area contributed by atoms with E-state index in [4.69, 9.17) is 5.26 Å². The van der Waals surface area contributed by atoms with Crippen LogP contribution in [0.3, 0.4) is 0 Å². The molecule has 0 atom stereocenters. The van der Waals surface area contributed by atoms with Crippen LogP contribution >= 0.6 is 0 Å². The van der Waals surface area contributed by atoms with Gasteiger partial charge < -0.3 is 10.6 Å². The van der Waals surface area contributed by atoms with Gasteiger partial charge in [0.25, 0.3) is 0 Å². The van der Waals surface area contributed by atoms with Crippen LogP contribution < -0.4 is 10.6 Å². The number of rotatable bonds is 6. The molecular weight excluding hydrogens is 202 g/mol. The molecule has 1 aromatic rings. The van der Waals surface area contributed by atoms with E-state index in [0.717, 1.165) is 31.4 Å². The van der Waals surface area contributed by atoms with E-state index in [1.807, 2.05) is 6.07 Å². The van der Waals surface area contributed by atoms with Gasteiger partial charge in [0.2, 0.25) is 0 Å².